The van der Waals surface area contributed by atoms with Crippen LogP contribution in [0, 0.1) is 12.7 Å². The Morgan fingerprint density at radius 1 is 1.47 bits per heavy atom. The number of halogens is 1. The van der Waals surface area contributed by atoms with Gasteiger partial charge in [0.05, 0.1) is 22.6 Å². The van der Waals surface area contributed by atoms with Crippen LogP contribution in [0.25, 0.3) is 0 Å². The molecule has 0 aliphatic rings. The van der Waals surface area contributed by atoms with E-state index in [4.69, 9.17) is 5.73 Å². The number of nitrogens with two attached hydrogens (primary N) is 1. The highest BCUT2D eigenvalue weighted by Crippen LogP contribution is 2.21. The van der Waals surface area contributed by atoms with Crippen LogP contribution in [0.1, 0.15) is 11.3 Å². The van der Waals surface area contributed by atoms with Crippen molar-refractivity contribution in [2.24, 2.45) is 0 Å². The third-order valence-electron chi connectivity index (χ3n) is 2.54. The molecule has 2 rings (SSSR count). The molecular weight excluding hydrogens is 289 g/mol. The number of nitrogens with one attached hydrogen (secondary N) is 1. The van der Waals surface area contributed by atoms with Gasteiger partial charge in [0.2, 0.25) is 10.0 Å². The van der Waals surface area contributed by atoms with Crippen LogP contribution in [0.15, 0.2) is 27.9 Å². The molecule has 0 amide bonds. The summed E-state index contributed by atoms with van der Waals surface area (Å²) in [5.74, 6) is -0.644. The van der Waals surface area contributed by atoms with Crippen LogP contribution in [-0.2, 0) is 16.6 Å². The average Bonchev–Trinajstić information content (AvgIpc) is 2.84. The Morgan fingerprint density at radius 2 is 2.21 bits per heavy atom. The zero-order chi connectivity index (χ0) is 14.0. The Kier molecular flexibility index (Phi) is 3.83. The summed E-state index contributed by atoms with van der Waals surface area (Å²) < 4.78 is 40.1. The summed E-state index contributed by atoms with van der Waals surface area (Å²) in [4.78, 5) is 3.81. The molecule has 102 valence electrons. The number of hydrogen-bond donors (Lipinski definition) is 2. The van der Waals surface area contributed by atoms with Gasteiger partial charge in [-0.2, -0.15) is 0 Å². The van der Waals surface area contributed by atoms with Crippen molar-refractivity contribution in [3.05, 3.63) is 40.1 Å². The lowest BCUT2D eigenvalue weighted by atomic mass is 10.2. The largest absolute Gasteiger partial charge is 0.399 e. The van der Waals surface area contributed by atoms with Gasteiger partial charge < -0.3 is 5.73 Å². The van der Waals surface area contributed by atoms with Gasteiger partial charge in [-0.15, -0.1) is 11.3 Å². The molecule has 0 fully saturated rings. The summed E-state index contributed by atoms with van der Waals surface area (Å²) in [6, 6.07) is 2.33. The number of sulfonamides is 1. The fraction of sp³-hybridized carbons (Fsp3) is 0.182. The van der Waals surface area contributed by atoms with Crippen molar-refractivity contribution in [3.63, 3.8) is 0 Å². The maximum Gasteiger partial charge on any atom is 0.241 e. The van der Waals surface area contributed by atoms with E-state index in [1.807, 2.05) is 0 Å². The maximum absolute atomic E-state index is 13.5. The quantitative estimate of drug-likeness (QED) is 0.841. The topological polar surface area (TPSA) is 85.1 Å². The van der Waals surface area contributed by atoms with E-state index >= 15 is 0 Å². The van der Waals surface area contributed by atoms with Gasteiger partial charge in [-0.1, -0.05) is 0 Å². The second kappa shape index (κ2) is 5.24. The molecule has 0 aliphatic carbocycles. The first-order valence-corrected chi connectivity index (χ1v) is 7.75. The number of aromatic nitrogens is 1. The van der Waals surface area contributed by atoms with E-state index in [-0.39, 0.29) is 22.7 Å². The molecule has 19 heavy (non-hydrogen) atoms. The van der Waals surface area contributed by atoms with Crippen LogP contribution in [-0.4, -0.2) is 13.4 Å². The van der Waals surface area contributed by atoms with Crippen LogP contribution in [0.2, 0.25) is 0 Å². The SMILES string of the molecule is Cc1c(F)cc(N)cc1S(=O)(=O)NCc1cscn1. The van der Waals surface area contributed by atoms with Crippen LogP contribution in [0.3, 0.4) is 0 Å². The van der Waals surface area contributed by atoms with E-state index in [2.05, 4.69) is 9.71 Å². The molecule has 0 unspecified atom stereocenters. The van der Waals surface area contributed by atoms with Crippen molar-refractivity contribution in [1.29, 1.82) is 0 Å². The van der Waals surface area contributed by atoms with E-state index in [0.717, 1.165) is 6.07 Å². The fourth-order valence-electron chi connectivity index (χ4n) is 1.52. The fourth-order valence-corrected chi connectivity index (χ4v) is 3.37. The van der Waals surface area contributed by atoms with Crippen LogP contribution >= 0.6 is 11.3 Å². The highest BCUT2D eigenvalue weighted by Gasteiger charge is 2.19. The molecular formula is C11H12FN3O2S2. The molecule has 0 atom stereocenters. The van der Waals surface area contributed by atoms with Gasteiger partial charge in [-0.3, -0.25) is 0 Å². The lowest BCUT2D eigenvalue weighted by Crippen LogP contribution is -2.24. The normalized spacial score (nSPS) is 11.7. The molecule has 0 saturated heterocycles. The molecule has 0 saturated carbocycles. The number of nitrogens with zero attached hydrogens (tertiary/aromatic N) is 1. The van der Waals surface area contributed by atoms with Crippen molar-refractivity contribution in [3.8, 4) is 0 Å². The summed E-state index contributed by atoms with van der Waals surface area (Å²) in [6.45, 7) is 1.45. The zero-order valence-electron chi connectivity index (χ0n) is 10.1. The molecule has 0 aliphatic heterocycles. The van der Waals surface area contributed by atoms with E-state index in [1.165, 1.54) is 24.3 Å². The highest BCUT2D eigenvalue weighted by molar-refractivity contribution is 7.89. The first-order chi connectivity index (χ1) is 8.90. The van der Waals surface area contributed by atoms with E-state index in [0.29, 0.717) is 5.69 Å². The Labute approximate surface area is 114 Å². The summed E-state index contributed by atoms with van der Waals surface area (Å²) in [7, 11) is -3.82. The number of rotatable bonds is 4. The zero-order valence-corrected chi connectivity index (χ0v) is 11.7. The predicted molar refractivity (Wildman–Crippen MR) is 71.7 cm³/mol. The van der Waals surface area contributed by atoms with Gasteiger partial charge in [-0.05, 0) is 19.1 Å². The molecule has 5 nitrogen and oxygen atoms in total. The molecule has 2 aromatic rings. The molecule has 8 heteroatoms. The third-order valence-corrected chi connectivity index (χ3v) is 4.70. The summed E-state index contributed by atoms with van der Waals surface area (Å²) >= 11 is 1.37. The van der Waals surface area contributed by atoms with E-state index in [1.54, 1.807) is 10.9 Å². The van der Waals surface area contributed by atoms with Gasteiger partial charge in [0, 0.05) is 16.6 Å². The molecule has 0 spiro atoms. The average molecular weight is 301 g/mol. The van der Waals surface area contributed by atoms with Gasteiger partial charge in [0.15, 0.2) is 0 Å². The summed E-state index contributed by atoms with van der Waals surface area (Å²) in [6.07, 6.45) is 0. The number of thiazole rings is 1. The van der Waals surface area contributed by atoms with Crippen LogP contribution < -0.4 is 10.5 Å². The second-order valence-electron chi connectivity index (χ2n) is 3.93. The molecule has 1 aromatic carbocycles. The Balaban J connectivity index is 2.29. The Morgan fingerprint density at radius 3 is 2.84 bits per heavy atom. The number of hydrogen-bond acceptors (Lipinski definition) is 5. The minimum absolute atomic E-state index is 0.0416. The van der Waals surface area contributed by atoms with E-state index < -0.39 is 15.8 Å². The number of anilines is 1. The van der Waals surface area contributed by atoms with Crippen molar-refractivity contribution in [2.45, 2.75) is 18.4 Å². The van der Waals surface area contributed by atoms with Gasteiger partial charge in [-0.25, -0.2) is 22.5 Å². The molecule has 3 N–H and O–H groups in total. The summed E-state index contributed by atoms with van der Waals surface area (Å²) in [5, 5.41) is 1.73. The summed E-state index contributed by atoms with van der Waals surface area (Å²) in [5.41, 5.74) is 7.79. The molecule has 0 radical (unpaired) electrons. The van der Waals surface area contributed by atoms with Crippen LogP contribution in [0.4, 0.5) is 10.1 Å². The third kappa shape index (κ3) is 3.09. The Bertz CT molecular complexity index is 684. The number of nitrogen functional groups attached to an aromatic ring is 1. The lowest BCUT2D eigenvalue weighted by Gasteiger charge is -2.10. The molecule has 0 bridgehead atoms. The molecule has 1 aromatic heterocycles. The van der Waals surface area contributed by atoms with Crippen molar-refractivity contribution >= 4 is 27.0 Å². The van der Waals surface area contributed by atoms with Gasteiger partial charge >= 0.3 is 0 Å². The van der Waals surface area contributed by atoms with Crippen molar-refractivity contribution < 1.29 is 12.8 Å². The predicted octanol–water partition coefficient (Wildman–Crippen LogP) is 1.65. The van der Waals surface area contributed by atoms with Crippen molar-refractivity contribution in [2.75, 3.05) is 5.73 Å². The minimum atomic E-state index is -3.82. The first-order valence-electron chi connectivity index (χ1n) is 5.32. The maximum atomic E-state index is 13.5. The van der Waals surface area contributed by atoms with Gasteiger partial charge in [0.25, 0.3) is 0 Å². The monoisotopic (exact) mass is 301 g/mol. The van der Waals surface area contributed by atoms with E-state index in [9.17, 15) is 12.8 Å². The smallest absolute Gasteiger partial charge is 0.241 e. The number of benzene rings is 1. The second-order valence-corrected chi connectivity index (χ2v) is 6.38. The van der Waals surface area contributed by atoms with Gasteiger partial charge in [0.1, 0.15) is 5.82 Å². The Hall–Kier alpha value is -1.51. The minimum Gasteiger partial charge on any atom is -0.399 e. The standard InChI is InChI=1S/C11H12FN3O2S2/c1-7-10(12)2-8(13)3-11(7)19(16,17)15-4-9-5-18-6-14-9/h2-3,5-6,15H,4,13H2,1H3. The first kappa shape index (κ1) is 13.9. The highest BCUT2D eigenvalue weighted by atomic mass is 32.2. The molecule has 1 heterocycles. The van der Waals surface area contributed by atoms with Crippen LogP contribution in [0.5, 0.6) is 0 Å². The van der Waals surface area contributed by atoms with Crippen molar-refractivity contribution in [1.82, 2.24) is 9.71 Å². The lowest BCUT2D eigenvalue weighted by molar-refractivity contribution is 0.574.